The number of hydrogen-bond acceptors (Lipinski definition) is 4. The summed E-state index contributed by atoms with van der Waals surface area (Å²) >= 11 is 0. The highest BCUT2D eigenvalue weighted by Gasteiger charge is 2.33. The van der Waals surface area contributed by atoms with Crippen molar-refractivity contribution in [2.75, 3.05) is 6.26 Å². The van der Waals surface area contributed by atoms with Crippen LogP contribution in [0, 0.1) is 5.92 Å². The molecule has 0 spiro atoms. The first-order valence-electron chi connectivity index (χ1n) is 5.71. The van der Waals surface area contributed by atoms with Crippen LogP contribution >= 0.6 is 0 Å². The number of aromatic nitrogens is 2. The van der Waals surface area contributed by atoms with E-state index in [0.29, 0.717) is 18.7 Å². The van der Waals surface area contributed by atoms with Crippen LogP contribution in [0.15, 0.2) is 12.4 Å². The van der Waals surface area contributed by atoms with Gasteiger partial charge in [-0.25, -0.2) is 13.4 Å². The third-order valence-corrected chi connectivity index (χ3v) is 4.97. The summed E-state index contributed by atoms with van der Waals surface area (Å²) in [6.45, 7) is 0. The van der Waals surface area contributed by atoms with Crippen molar-refractivity contribution in [3.63, 3.8) is 0 Å². The lowest BCUT2D eigenvalue weighted by Crippen LogP contribution is -2.31. The Kier molecular flexibility index (Phi) is 3.33. The Morgan fingerprint density at radius 2 is 2.24 bits per heavy atom. The number of Topliss-reactive ketones (excluding diaryl/α,β-unsaturated/α-hetero) is 1. The number of aromatic amines is 1. The molecule has 0 aromatic carbocycles. The molecule has 0 amide bonds. The van der Waals surface area contributed by atoms with Crippen LogP contribution in [0.1, 0.15) is 36.3 Å². The van der Waals surface area contributed by atoms with Gasteiger partial charge in [-0.2, -0.15) is 0 Å². The van der Waals surface area contributed by atoms with Crippen molar-refractivity contribution >= 4 is 15.6 Å². The summed E-state index contributed by atoms with van der Waals surface area (Å²) in [5, 5.41) is -0.375. The molecule has 1 aromatic heterocycles. The topological polar surface area (TPSA) is 79.9 Å². The number of nitrogens with zero attached hydrogens (tertiary/aromatic N) is 1. The molecule has 0 aliphatic heterocycles. The number of carbonyl (C=O) groups excluding carboxylic acids is 1. The Morgan fingerprint density at radius 3 is 2.82 bits per heavy atom. The lowest BCUT2D eigenvalue weighted by Gasteiger charge is -2.26. The van der Waals surface area contributed by atoms with Crippen LogP contribution in [0.5, 0.6) is 0 Å². The van der Waals surface area contributed by atoms with Gasteiger partial charge in [0.05, 0.1) is 5.25 Å². The van der Waals surface area contributed by atoms with E-state index in [0.717, 1.165) is 12.8 Å². The quantitative estimate of drug-likeness (QED) is 0.824. The summed E-state index contributed by atoms with van der Waals surface area (Å²) in [6, 6.07) is 0. The molecule has 94 valence electrons. The second kappa shape index (κ2) is 4.60. The molecule has 1 N–H and O–H groups in total. The second-order valence-electron chi connectivity index (χ2n) is 4.62. The van der Waals surface area contributed by atoms with Crippen molar-refractivity contribution in [1.82, 2.24) is 9.97 Å². The summed E-state index contributed by atoms with van der Waals surface area (Å²) in [7, 11) is -3.04. The molecule has 0 saturated heterocycles. The normalized spacial score (nSPS) is 25.7. The van der Waals surface area contributed by atoms with Gasteiger partial charge in [0.2, 0.25) is 5.78 Å². The summed E-state index contributed by atoms with van der Waals surface area (Å²) in [4.78, 5) is 18.7. The third-order valence-electron chi connectivity index (χ3n) is 3.33. The fourth-order valence-corrected chi connectivity index (χ4v) is 3.54. The van der Waals surface area contributed by atoms with Gasteiger partial charge in [-0.05, 0) is 19.3 Å². The number of nitrogens with one attached hydrogen (secondary N) is 1. The fourth-order valence-electron chi connectivity index (χ4n) is 2.37. The molecule has 2 atom stereocenters. The molecule has 1 fully saturated rings. The maximum absolute atomic E-state index is 12.0. The minimum Gasteiger partial charge on any atom is -0.342 e. The highest BCUT2D eigenvalue weighted by Crippen LogP contribution is 2.30. The molecule has 2 unspecified atom stereocenters. The van der Waals surface area contributed by atoms with E-state index < -0.39 is 9.84 Å². The van der Waals surface area contributed by atoms with Crippen LogP contribution in [0.3, 0.4) is 0 Å². The van der Waals surface area contributed by atoms with Gasteiger partial charge in [0.25, 0.3) is 0 Å². The number of carbonyl (C=O) groups is 1. The van der Waals surface area contributed by atoms with E-state index >= 15 is 0 Å². The van der Waals surface area contributed by atoms with Crippen LogP contribution in [-0.4, -0.2) is 35.7 Å². The van der Waals surface area contributed by atoms with Gasteiger partial charge in [-0.15, -0.1) is 0 Å². The number of imidazole rings is 1. The van der Waals surface area contributed by atoms with Crippen LogP contribution in [0.2, 0.25) is 0 Å². The molecule has 1 saturated carbocycles. The monoisotopic (exact) mass is 256 g/mol. The van der Waals surface area contributed by atoms with E-state index in [9.17, 15) is 13.2 Å². The molecule has 1 aliphatic carbocycles. The highest BCUT2D eigenvalue weighted by atomic mass is 32.2. The summed E-state index contributed by atoms with van der Waals surface area (Å²) in [5.41, 5.74) is 0. The average Bonchev–Trinajstić information content (AvgIpc) is 2.80. The van der Waals surface area contributed by atoms with Gasteiger partial charge in [-0.3, -0.25) is 4.79 Å². The maximum Gasteiger partial charge on any atom is 0.201 e. The maximum atomic E-state index is 12.0. The van der Waals surface area contributed by atoms with E-state index in [2.05, 4.69) is 9.97 Å². The van der Waals surface area contributed by atoms with Crippen LogP contribution in [0.4, 0.5) is 0 Å². The van der Waals surface area contributed by atoms with Crippen LogP contribution in [0.25, 0.3) is 0 Å². The highest BCUT2D eigenvalue weighted by molar-refractivity contribution is 7.91. The Morgan fingerprint density at radius 1 is 1.47 bits per heavy atom. The Bertz CT molecular complexity index is 493. The first-order chi connectivity index (χ1) is 7.98. The van der Waals surface area contributed by atoms with Crippen molar-refractivity contribution in [3.05, 3.63) is 18.2 Å². The second-order valence-corrected chi connectivity index (χ2v) is 6.94. The molecular formula is C11H16N2O3S. The number of rotatable bonds is 3. The minimum atomic E-state index is -3.04. The van der Waals surface area contributed by atoms with Crippen LogP contribution < -0.4 is 0 Å². The van der Waals surface area contributed by atoms with E-state index in [1.54, 1.807) is 6.20 Å². The van der Waals surface area contributed by atoms with Crippen molar-refractivity contribution < 1.29 is 13.2 Å². The van der Waals surface area contributed by atoms with E-state index in [4.69, 9.17) is 0 Å². The van der Waals surface area contributed by atoms with Gasteiger partial charge < -0.3 is 4.98 Å². The van der Waals surface area contributed by atoms with Crippen molar-refractivity contribution in [2.45, 2.75) is 30.9 Å². The predicted octanol–water partition coefficient (Wildman–Crippen LogP) is 1.20. The van der Waals surface area contributed by atoms with Gasteiger partial charge in [0.15, 0.2) is 5.82 Å². The largest absolute Gasteiger partial charge is 0.342 e. The molecule has 0 radical (unpaired) electrons. The fraction of sp³-hybridized carbons (Fsp3) is 0.636. The number of H-pyrrole nitrogens is 1. The zero-order valence-electron chi connectivity index (χ0n) is 9.72. The zero-order chi connectivity index (χ0) is 12.5. The van der Waals surface area contributed by atoms with E-state index in [1.807, 2.05) is 0 Å². The van der Waals surface area contributed by atoms with Gasteiger partial charge >= 0.3 is 0 Å². The minimum absolute atomic E-state index is 0.0663. The molecule has 5 nitrogen and oxygen atoms in total. The number of hydrogen-bond donors (Lipinski definition) is 1. The van der Waals surface area contributed by atoms with Gasteiger partial charge in [0.1, 0.15) is 9.84 Å². The lowest BCUT2D eigenvalue weighted by atomic mass is 9.85. The van der Waals surface area contributed by atoms with Crippen molar-refractivity contribution in [3.8, 4) is 0 Å². The third kappa shape index (κ3) is 2.74. The molecule has 1 aromatic rings. The molecule has 2 rings (SSSR count). The zero-order valence-corrected chi connectivity index (χ0v) is 10.5. The molecular weight excluding hydrogens is 240 g/mol. The van der Waals surface area contributed by atoms with Gasteiger partial charge in [0, 0.05) is 24.6 Å². The number of ketones is 1. The summed E-state index contributed by atoms with van der Waals surface area (Å²) in [5.74, 6) is 0.0575. The predicted molar refractivity (Wildman–Crippen MR) is 63.5 cm³/mol. The Balaban J connectivity index is 2.10. The first kappa shape index (κ1) is 12.3. The summed E-state index contributed by atoms with van der Waals surface area (Å²) in [6.07, 6.45) is 7.02. The van der Waals surface area contributed by atoms with E-state index in [1.165, 1.54) is 12.5 Å². The Labute approximate surface area is 101 Å². The SMILES string of the molecule is CS(=O)(=O)C1CCCC(C(=O)c2ncc[nH]2)C1. The number of sulfone groups is 1. The van der Waals surface area contributed by atoms with Gasteiger partial charge in [-0.1, -0.05) is 6.42 Å². The van der Waals surface area contributed by atoms with E-state index in [-0.39, 0.29) is 17.0 Å². The molecule has 0 bridgehead atoms. The molecule has 1 heterocycles. The molecule has 1 aliphatic rings. The van der Waals surface area contributed by atoms with Crippen LogP contribution in [-0.2, 0) is 9.84 Å². The molecule has 6 heteroatoms. The Hall–Kier alpha value is -1.17. The lowest BCUT2D eigenvalue weighted by molar-refractivity contribution is 0.0881. The standard InChI is InChI=1S/C11H16N2O3S/c1-17(15,16)9-4-2-3-8(7-9)10(14)11-12-5-6-13-11/h5-6,8-9H,2-4,7H2,1H3,(H,12,13). The average molecular weight is 256 g/mol. The molecule has 17 heavy (non-hydrogen) atoms. The summed E-state index contributed by atoms with van der Waals surface area (Å²) < 4.78 is 23.0. The van der Waals surface area contributed by atoms with Crippen molar-refractivity contribution in [1.29, 1.82) is 0 Å². The first-order valence-corrected chi connectivity index (χ1v) is 7.66. The smallest absolute Gasteiger partial charge is 0.201 e. The van der Waals surface area contributed by atoms with Crippen molar-refractivity contribution in [2.24, 2.45) is 5.92 Å².